The van der Waals surface area contributed by atoms with Gasteiger partial charge in [-0.25, -0.2) is 14.4 Å². The van der Waals surface area contributed by atoms with Crippen LogP contribution in [0, 0.1) is 0 Å². The molecular formula is C54H53Cl4NO11. The van der Waals surface area contributed by atoms with Gasteiger partial charge in [0.25, 0.3) is 0 Å². The van der Waals surface area contributed by atoms with Gasteiger partial charge in [-0.2, -0.15) is 0 Å². The number of nitrogens with zero attached hydrogens (tertiary/aromatic N) is 1. The van der Waals surface area contributed by atoms with Crippen LogP contribution in [0.5, 0.6) is 23.0 Å². The summed E-state index contributed by atoms with van der Waals surface area (Å²) in [6, 6.07) is 38.6. The van der Waals surface area contributed by atoms with Gasteiger partial charge in [-0.1, -0.05) is 143 Å². The van der Waals surface area contributed by atoms with Gasteiger partial charge in [0, 0.05) is 60.0 Å². The largest absolute Gasteiger partial charge is 0.485 e. The molecule has 12 nitrogen and oxygen atoms in total. The maximum Gasteiger partial charge on any atom is 0.411 e. The summed E-state index contributed by atoms with van der Waals surface area (Å²) in [4.78, 5) is 38.8. The number of rotatable bonds is 17. The van der Waals surface area contributed by atoms with Crippen molar-refractivity contribution in [1.82, 2.24) is 4.90 Å². The van der Waals surface area contributed by atoms with Crippen LogP contribution >= 0.6 is 46.4 Å². The third-order valence-corrected chi connectivity index (χ3v) is 12.2. The highest BCUT2D eigenvalue weighted by molar-refractivity contribution is 6.32. The first-order chi connectivity index (χ1) is 33.5. The average Bonchev–Trinajstić information content (AvgIpc) is 3.84. The second-order valence-electron chi connectivity index (χ2n) is 17.0. The number of amides is 1. The maximum atomic E-state index is 13.3. The zero-order valence-corrected chi connectivity index (χ0v) is 41.9. The lowest BCUT2D eigenvalue weighted by atomic mass is 10.1. The van der Waals surface area contributed by atoms with Crippen molar-refractivity contribution < 1.29 is 53.0 Å². The molecule has 6 aromatic carbocycles. The molecule has 1 heterocycles. The third-order valence-electron chi connectivity index (χ3n) is 10.8. The topological polar surface area (TPSA) is 150 Å². The number of carboxylic acids is 1. The van der Waals surface area contributed by atoms with E-state index in [9.17, 15) is 24.6 Å². The molecule has 368 valence electrons. The summed E-state index contributed by atoms with van der Waals surface area (Å²) in [7, 11) is 0. The smallest absolute Gasteiger partial charge is 0.411 e. The van der Waals surface area contributed by atoms with Gasteiger partial charge in [0.05, 0.1) is 0 Å². The van der Waals surface area contributed by atoms with E-state index >= 15 is 0 Å². The molecule has 1 amide bonds. The fourth-order valence-electron chi connectivity index (χ4n) is 7.21. The fourth-order valence-corrected chi connectivity index (χ4v) is 7.97. The Morgan fingerprint density at radius 3 is 1.41 bits per heavy atom. The maximum absolute atomic E-state index is 13.3. The van der Waals surface area contributed by atoms with E-state index in [1.54, 1.807) is 82.3 Å². The second kappa shape index (κ2) is 25.1. The van der Waals surface area contributed by atoms with E-state index in [2.05, 4.69) is 0 Å². The zero-order chi connectivity index (χ0) is 50.4. The molecule has 6 aromatic rings. The van der Waals surface area contributed by atoms with E-state index in [0.29, 0.717) is 62.1 Å². The highest BCUT2D eigenvalue weighted by atomic mass is 35.5. The predicted octanol–water partition coefficient (Wildman–Crippen LogP) is 13.4. The molecular weight excluding hydrogens is 980 g/mol. The van der Waals surface area contributed by atoms with Crippen molar-refractivity contribution >= 4 is 64.4 Å². The molecule has 1 fully saturated rings. The van der Waals surface area contributed by atoms with Gasteiger partial charge in [-0.3, -0.25) is 4.90 Å². The van der Waals surface area contributed by atoms with Gasteiger partial charge in [-0.15, -0.1) is 0 Å². The number of hydrogen-bond donors (Lipinski definition) is 2. The van der Waals surface area contributed by atoms with Crippen LogP contribution in [0.3, 0.4) is 0 Å². The number of hydrogen-bond acceptors (Lipinski definition) is 10. The summed E-state index contributed by atoms with van der Waals surface area (Å²) >= 11 is 25.1. The van der Waals surface area contributed by atoms with Crippen molar-refractivity contribution in [3.63, 3.8) is 0 Å². The second-order valence-corrected chi connectivity index (χ2v) is 18.6. The lowest BCUT2D eigenvalue weighted by molar-refractivity contribution is -0.154. The Bertz CT molecular complexity index is 2750. The first-order valence-corrected chi connectivity index (χ1v) is 23.8. The van der Waals surface area contributed by atoms with Gasteiger partial charge in [0.1, 0.15) is 44.2 Å². The fraction of sp³-hybridized carbons (Fsp3) is 0.278. The van der Waals surface area contributed by atoms with Gasteiger partial charge in [0.15, 0.2) is 29.1 Å². The predicted molar refractivity (Wildman–Crippen MR) is 269 cm³/mol. The van der Waals surface area contributed by atoms with Crippen LogP contribution in [0.2, 0.25) is 20.1 Å². The van der Waals surface area contributed by atoms with Crippen molar-refractivity contribution in [3.05, 3.63) is 187 Å². The quantitative estimate of drug-likeness (QED) is 0.0840. The number of halogens is 4. The Morgan fingerprint density at radius 1 is 0.600 bits per heavy atom. The first kappa shape index (κ1) is 53.2. The Hall–Kier alpha value is -6.15. The van der Waals surface area contributed by atoms with Gasteiger partial charge in [0.2, 0.25) is 0 Å². The molecule has 70 heavy (non-hydrogen) atoms. The third kappa shape index (κ3) is 14.7. The van der Waals surface area contributed by atoms with Crippen molar-refractivity contribution in [2.75, 3.05) is 6.54 Å². The molecule has 0 aromatic heterocycles. The molecule has 0 radical (unpaired) electrons. The van der Waals surface area contributed by atoms with Crippen molar-refractivity contribution in [3.8, 4) is 23.0 Å². The number of aliphatic carboxylic acids is 1. The minimum absolute atomic E-state index is 0.0749. The molecule has 0 saturated carbocycles. The van der Waals surface area contributed by atoms with E-state index in [4.69, 9.17) is 74.8 Å². The highest BCUT2D eigenvalue weighted by Gasteiger charge is 2.38. The standard InChI is InChI=1S/C32H35Cl2NO6.C22H18Cl2O5/c1-21(40-30(36)27-16-10-18-35(27)31(37)41-32(2,3)4)24-13-9-17-28(38-19-22-11-5-7-14-25(22)33)29(24)39-20-23-12-6-8-15-26(23)34;23-17-9-3-1-6-14(17)12-28-19-11-5-8-16(20(25)22(26)27)21(19)29-13-15-7-2-4-10-18(15)24/h5-9,11-15,17,21,27H,10,16,18-20H2,1-4H3;1-11,20,25H,12-13H2,(H,26,27)/t21-,27?;20-/m01/s1. The zero-order valence-electron chi connectivity index (χ0n) is 38.9. The number of likely N-dealkylation sites (tertiary alicyclic amines) is 1. The van der Waals surface area contributed by atoms with Crippen LogP contribution in [-0.2, 0) is 45.5 Å². The minimum atomic E-state index is -1.76. The number of carbonyl (C=O) groups excluding carboxylic acids is 2. The number of benzene rings is 6. The number of carbonyl (C=O) groups is 3. The molecule has 3 atom stereocenters. The van der Waals surface area contributed by atoms with Crippen LogP contribution < -0.4 is 18.9 Å². The number of esters is 1. The summed E-state index contributed by atoms with van der Waals surface area (Å²) in [5, 5.41) is 21.6. The van der Waals surface area contributed by atoms with Gasteiger partial charge in [-0.05, 0) is 76.9 Å². The van der Waals surface area contributed by atoms with Crippen LogP contribution in [0.25, 0.3) is 0 Å². The SMILES string of the molecule is C[C@H](OC(=O)C1CCCN1C(=O)OC(C)(C)C)c1cccc(OCc2ccccc2Cl)c1OCc1ccccc1Cl.O=C(O)[C@H](O)c1cccc(OCc2ccccc2Cl)c1OCc1ccccc1Cl. The summed E-state index contributed by atoms with van der Waals surface area (Å²) in [5.41, 5.74) is 3.12. The summed E-state index contributed by atoms with van der Waals surface area (Å²) < 4.78 is 35.6. The number of para-hydroxylation sites is 2. The van der Waals surface area contributed by atoms with E-state index in [1.165, 1.54) is 11.0 Å². The van der Waals surface area contributed by atoms with Crippen molar-refractivity contribution in [1.29, 1.82) is 0 Å². The molecule has 0 bridgehead atoms. The van der Waals surface area contributed by atoms with E-state index in [0.717, 1.165) is 16.7 Å². The average molecular weight is 1030 g/mol. The molecule has 1 saturated heterocycles. The summed E-state index contributed by atoms with van der Waals surface area (Å²) in [6.45, 7) is 8.19. The molecule has 1 aliphatic heterocycles. The van der Waals surface area contributed by atoms with E-state index < -0.39 is 41.9 Å². The van der Waals surface area contributed by atoms with E-state index in [-0.39, 0.29) is 43.5 Å². The Balaban J connectivity index is 0.000000244. The normalized spacial score (nSPS) is 14.1. The minimum Gasteiger partial charge on any atom is -0.485 e. The summed E-state index contributed by atoms with van der Waals surface area (Å²) in [6.07, 6.45) is -1.80. The first-order valence-electron chi connectivity index (χ1n) is 22.3. The monoisotopic (exact) mass is 1030 g/mol. The number of carboxylic acid groups (broad SMARTS) is 1. The number of aliphatic hydroxyl groups is 1. The van der Waals surface area contributed by atoms with Crippen molar-refractivity contribution in [2.45, 2.75) is 90.8 Å². The van der Waals surface area contributed by atoms with Crippen LogP contribution in [-0.4, -0.2) is 51.3 Å². The number of aliphatic hydroxyl groups excluding tert-OH is 1. The van der Waals surface area contributed by atoms with Gasteiger partial charge < -0.3 is 38.6 Å². The molecule has 16 heteroatoms. The Kier molecular flexibility index (Phi) is 19.1. The van der Waals surface area contributed by atoms with Crippen LogP contribution in [0.15, 0.2) is 133 Å². The summed E-state index contributed by atoms with van der Waals surface area (Å²) in [5.74, 6) is -0.580. The van der Waals surface area contributed by atoms with Crippen LogP contribution in [0.4, 0.5) is 4.79 Å². The van der Waals surface area contributed by atoms with Crippen LogP contribution in [0.1, 0.15) is 86.1 Å². The van der Waals surface area contributed by atoms with Gasteiger partial charge >= 0.3 is 18.0 Å². The lowest BCUT2D eigenvalue weighted by Crippen LogP contribution is -2.44. The molecule has 1 unspecified atom stereocenters. The molecule has 1 aliphatic rings. The molecule has 0 spiro atoms. The molecule has 7 rings (SSSR count). The van der Waals surface area contributed by atoms with Crippen molar-refractivity contribution in [2.24, 2.45) is 0 Å². The molecule has 0 aliphatic carbocycles. The Labute approximate surface area is 427 Å². The Morgan fingerprint density at radius 2 is 1.00 bits per heavy atom. The number of ether oxygens (including phenoxy) is 6. The highest BCUT2D eigenvalue weighted by Crippen LogP contribution is 2.40. The lowest BCUT2D eigenvalue weighted by Gasteiger charge is -2.28. The molecule has 2 N–H and O–H groups in total. The van der Waals surface area contributed by atoms with E-state index in [1.807, 2.05) is 72.8 Å².